The third-order valence-electron chi connectivity index (χ3n) is 4.13. The average Bonchev–Trinajstić information content (AvgIpc) is 2.64. The van der Waals surface area contributed by atoms with E-state index < -0.39 is 84.9 Å². The van der Waals surface area contributed by atoms with Gasteiger partial charge in [0.2, 0.25) is 29.5 Å². The zero-order valence-corrected chi connectivity index (χ0v) is 18.2. The Labute approximate surface area is 188 Å². The van der Waals surface area contributed by atoms with Crippen molar-refractivity contribution in [1.82, 2.24) is 16.0 Å². The predicted octanol–water partition coefficient (Wildman–Crippen LogP) is -3.88. The first-order chi connectivity index (χ1) is 15.1. The summed E-state index contributed by atoms with van der Waals surface area (Å²) in [6.07, 6.45) is -2.20. The number of nitrogens with two attached hydrogens (primary N) is 3. The first-order valence-electron chi connectivity index (χ1n) is 9.81. The van der Waals surface area contributed by atoms with Crippen molar-refractivity contribution in [2.24, 2.45) is 23.1 Å². The molecule has 0 radical (unpaired) electrons. The lowest BCUT2D eigenvalue weighted by Crippen LogP contribution is -2.58. The lowest BCUT2D eigenvalue weighted by molar-refractivity contribution is -0.145. The molecule has 33 heavy (non-hydrogen) atoms. The first kappa shape index (κ1) is 29.2. The summed E-state index contributed by atoms with van der Waals surface area (Å²) < 4.78 is 0. The van der Waals surface area contributed by atoms with Crippen LogP contribution in [0.3, 0.4) is 0 Å². The van der Waals surface area contributed by atoms with Crippen LogP contribution in [0.25, 0.3) is 0 Å². The van der Waals surface area contributed by atoms with Crippen molar-refractivity contribution in [2.75, 3.05) is 0 Å². The number of carbonyl (C=O) groups is 7. The van der Waals surface area contributed by atoms with Gasteiger partial charge in [0.25, 0.3) is 0 Å². The minimum absolute atomic E-state index is 0.0420. The molecular formula is C18H30N6O9. The Morgan fingerprint density at radius 1 is 0.697 bits per heavy atom. The Hall–Kier alpha value is -3.75. The SMILES string of the molecule is CC(C)CC(N)C(=O)NC(CC(N)=O)C(=O)NC(CC(=O)O)C(=O)NC(CC(N)=O)C(=O)O. The fraction of sp³-hybridized carbons (Fsp3) is 0.611. The third-order valence-corrected chi connectivity index (χ3v) is 4.13. The van der Waals surface area contributed by atoms with Crippen LogP contribution >= 0.6 is 0 Å². The van der Waals surface area contributed by atoms with E-state index in [-0.39, 0.29) is 12.3 Å². The molecule has 15 heteroatoms. The summed E-state index contributed by atoms with van der Waals surface area (Å²) in [4.78, 5) is 81.9. The molecule has 0 aliphatic heterocycles. The fourth-order valence-electron chi connectivity index (χ4n) is 2.63. The van der Waals surface area contributed by atoms with Gasteiger partial charge in [0.05, 0.1) is 25.3 Å². The van der Waals surface area contributed by atoms with Gasteiger partial charge < -0.3 is 43.4 Å². The van der Waals surface area contributed by atoms with Gasteiger partial charge in [-0.25, -0.2) is 4.79 Å². The Morgan fingerprint density at radius 2 is 1.09 bits per heavy atom. The van der Waals surface area contributed by atoms with E-state index in [2.05, 4.69) is 5.32 Å². The lowest BCUT2D eigenvalue weighted by atomic mass is 10.0. The van der Waals surface area contributed by atoms with Gasteiger partial charge in [-0.1, -0.05) is 13.8 Å². The molecule has 11 N–H and O–H groups in total. The van der Waals surface area contributed by atoms with Crippen LogP contribution in [0.5, 0.6) is 0 Å². The van der Waals surface area contributed by atoms with Crippen LogP contribution in [0, 0.1) is 5.92 Å². The summed E-state index contributed by atoms with van der Waals surface area (Å²) in [6.45, 7) is 3.61. The predicted molar refractivity (Wildman–Crippen MR) is 111 cm³/mol. The van der Waals surface area contributed by atoms with E-state index in [4.69, 9.17) is 27.4 Å². The molecule has 0 saturated heterocycles. The van der Waals surface area contributed by atoms with Crippen LogP contribution in [-0.2, 0) is 33.6 Å². The molecule has 0 spiro atoms. The maximum Gasteiger partial charge on any atom is 0.326 e. The number of amides is 5. The smallest absolute Gasteiger partial charge is 0.326 e. The van der Waals surface area contributed by atoms with E-state index in [1.165, 1.54) is 0 Å². The van der Waals surface area contributed by atoms with Gasteiger partial charge in [0.1, 0.15) is 18.1 Å². The zero-order chi connectivity index (χ0) is 25.9. The van der Waals surface area contributed by atoms with Gasteiger partial charge in [0, 0.05) is 0 Å². The molecule has 0 heterocycles. The molecule has 0 aromatic heterocycles. The number of carboxylic acid groups (broad SMARTS) is 2. The van der Waals surface area contributed by atoms with Crippen molar-refractivity contribution < 1.29 is 43.8 Å². The molecule has 186 valence electrons. The van der Waals surface area contributed by atoms with Crippen LogP contribution < -0.4 is 33.2 Å². The van der Waals surface area contributed by atoms with E-state index in [1.807, 2.05) is 10.6 Å². The van der Waals surface area contributed by atoms with Crippen molar-refractivity contribution in [2.45, 2.75) is 63.7 Å². The van der Waals surface area contributed by atoms with Crippen molar-refractivity contribution in [3.8, 4) is 0 Å². The van der Waals surface area contributed by atoms with E-state index in [9.17, 15) is 33.6 Å². The number of hydrogen-bond donors (Lipinski definition) is 8. The van der Waals surface area contributed by atoms with Crippen molar-refractivity contribution in [3.05, 3.63) is 0 Å². The summed E-state index contributed by atoms with van der Waals surface area (Å²) in [5, 5.41) is 24.3. The molecule has 4 unspecified atom stereocenters. The monoisotopic (exact) mass is 474 g/mol. The summed E-state index contributed by atoms with van der Waals surface area (Å²) in [5.41, 5.74) is 15.8. The first-order valence-corrected chi connectivity index (χ1v) is 9.81. The normalized spacial score (nSPS) is 14.3. The Bertz CT molecular complexity index is 785. The standard InChI is InChI=1S/C18H30N6O9/c1-7(2)3-8(19)15(29)22-9(4-12(20)25)16(30)23-10(6-14(27)28)17(31)24-11(18(32)33)5-13(21)26/h7-11H,3-6,19H2,1-2H3,(H2,20,25)(H2,21,26)(H,22,29)(H,23,30)(H,24,31)(H,27,28)(H,32,33). The quantitative estimate of drug-likeness (QED) is 0.114. The fourth-order valence-corrected chi connectivity index (χ4v) is 2.63. The second-order valence-corrected chi connectivity index (χ2v) is 7.70. The summed E-state index contributed by atoms with van der Waals surface area (Å²) in [7, 11) is 0. The van der Waals surface area contributed by atoms with Crippen LogP contribution in [0.1, 0.15) is 39.5 Å². The van der Waals surface area contributed by atoms with Crippen molar-refractivity contribution >= 4 is 41.5 Å². The number of nitrogens with one attached hydrogen (secondary N) is 3. The number of hydrogen-bond acceptors (Lipinski definition) is 8. The number of carboxylic acids is 2. The maximum absolute atomic E-state index is 12.6. The van der Waals surface area contributed by atoms with E-state index in [0.29, 0.717) is 0 Å². The molecule has 15 nitrogen and oxygen atoms in total. The summed E-state index contributed by atoms with van der Waals surface area (Å²) in [6, 6.07) is -6.20. The largest absolute Gasteiger partial charge is 0.481 e. The lowest BCUT2D eigenvalue weighted by Gasteiger charge is -2.24. The van der Waals surface area contributed by atoms with Gasteiger partial charge in [-0.2, -0.15) is 0 Å². The molecule has 0 fully saturated rings. The van der Waals surface area contributed by atoms with E-state index in [1.54, 1.807) is 13.8 Å². The highest BCUT2D eigenvalue weighted by atomic mass is 16.4. The minimum atomic E-state index is -1.82. The third kappa shape index (κ3) is 12.0. The van der Waals surface area contributed by atoms with Crippen LogP contribution in [0.15, 0.2) is 0 Å². The highest BCUT2D eigenvalue weighted by Gasteiger charge is 2.32. The van der Waals surface area contributed by atoms with Crippen LogP contribution in [0.4, 0.5) is 0 Å². The second kappa shape index (κ2) is 13.6. The molecule has 0 bridgehead atoms. The Morgan fingerprint density at radius 3 is 1.48 bits per heavy atom. The number of primary amides is 2. The zero-order valence-electron chi connectivity index (χ0n) is 18.2. The van der Waals surface area contributed by atoms with Gasteiger partial charge in [-0.3, -0.25) is 28.8 Å². The number of carbonyl (C=O) groups excluding carboxylic acids is 5. The molecule has 5 amide bonds. The average molecular weight is 474 g/mol. The molecule has 0 saturated carbocycles. The highest BCUT2D eigenvalue weighted by molar-refractivity contribution is 5.97. The highest BCUT2D eigenvalue weighted by Crippen LogP contribution is 2.05. The van der Waals surface area contributed by atoms with Gasteiger partial charge in [-0.05, 0) is 12.3 Å². The Kier molecular flexibility index (Phi) is 12.1. The van der Waals surface area contributed by atoms with Crippen LogP contribution in [-0.4, -0.2) is 75.9 Å². The summed E-state index contributed by atoms with van der Waals surface area (Å²) >= 11 is 0. The van der Waals surface area contributed by atoms with Gasteiger partial charge in [0.15, 0.2) is 0 Å². The van der Waals surface area contributed by atoms with E-state index in [0.717, 1.165) is 0 Å². The number of rotatable bonds is 15. The van der Waals surface area contributed by atoms with Gasteiger partial charge >= 0.3 is 11.9 Å². The van der Waals surface area contributed by atoms with Crippen LogP contribution in [0.2, 0.25) is 0 Å². The molecule has 0 aliphatic rings. The molecule has 4 atom stereocenters. The molecule has 0 aliphatic carbocycles. The maximum atomic E-state index is 12.6. The van der Waals surface area contributed by atoms with Gasteiger partial charge in [-0.15, -0.1) is 0 Å². The molecular weight excluding hydrogens is 444 g/mol. The van der Waals surface area contributed by atoms with E-state index >= 15 is 0 Å². The number of aliphatic carboxylic acids is 2. The van der Waals surface area contributed by atoms with Crippen molar-refractivity contribution in [1.29, 1.82) is 0 Å². The molecule has 0 aromatic carbocycles. The summed E-state index contributed by atoms with van der Waals surface area (Å²) in [5.74, 6) is -8.32. The second-order valence-electron chi connectivity index (χ2n) is 7.70. The molecule has 0 aromatic rings. The Balaban J connectivity index is 5.56. The molecule has 0 rings (SSSR count). The van der Waals surface area contributed by atoms with Crippen molar-refractivity contribution in [3.63, 3.8) is 0 Å². The minimum Gasteiger partial charge on any atom is -0.481 e. The topological polar surface area (TPSA) is 274 Å².